The molecule has 100 valence electrons. The lowest BCUT2D eigenvalue weighted by atomic mass is 10.1. The van der Waals surface area contributed by atoms with Gasteiger partial charge in [-0.3, -0.25) is 0 Å². The van der Waals surface area contributed by atoms with Gasteiger partial charge in [-0.2, -0.15) is 5.26 Å². The van der Waals surface area contributed by atoms with Crippen molar-refractivity contribution in [1.29, 1.82) is 5.26 Å². The summed E-state index contributed by atoms with van der Waals surface area (Å²) in [6, 6.07) is 1.76. The Bertz CT molecular complexity index is 307. The van der Waals surface area contributed by atoms with E-state index in [0.717, 1.165) is 12.8 Å². The van der Waals surface area contributed by atoms with Crippen LogP contribution in [0.5, 0.6) is 0 Å². The van der Waals surface area contributed by atoms with Gasteiger partial charge in [-0.05, 0) is 6.42 Å². The molecule has 0 fully saturated rings. The molecule has 0 aromatic rings. The monoisotopic (exact) mass is 260 g/mol. The highest BCUT2D eigenvalue weighted by Gasteiger charge is 2.07. The van der Waals surface area contributed by atoms with Gasteiger partial charge in [0.15, 0.2) is 0 Å². The highest BCUT2D eigenvalue weighted by atomic mass is 32.2. The lowest BCUT2D eigenvalue weighted by Gasteiger charge is -2.03. The van der Waals surface area contributed by atoms with Gasteiger partial charge in [0.2, 0.25) is 10.0 Å². The summed E-state index contributed by atoms with van der Waals surface area (Å²) >= 11 is 0. The Morgan fingerprint density at radius 2 is 1.53 bits per heavy atom. The average molecular weight is 260 g/mol. The summed E-state index contributed by atoms with van der Waals surface area (Å²) in [6.45, 7) is 2.07. The van der Waals surface area contributed by atoms with Crippen LogP contribution in [0.15, 0.2) is 0 Å². The van der Waals surface area contributed by atoms with Crippen LogP contribution in [0.4, 0.5) is 0 Å². The molecular formula is C12H24N2O2S. The molecule has 0 saturated heterocycles. The van der Waals surface area contributed by atoms with Gasteiger partial charge in [0, 0.05) is 0 Å². The van der Waals surface area contributed by atoms with Gasteiger partial charge in [0.1, 0.15) is 0 Å². The van der Waals surface area contributed by atoms with Crippen LogP contribution >= 0.6 is 0 Å². The topological polar surface area (TPSA) is 70.0 Å². The number of nitrogens with one attached hydrogen (secondary N) is 1. The van der Waals surface area contributed by atoms with Crippen molar-refractivity contribution in [2.75, 3.05) is 12.3 Å². The molecule has 0 unspecified atom stereocenters. The molecule has 0 spiro atoms. The van der Waals surface area contributed by atoms with E-state index in [-0.39, 0.29) is 12.3 Å². The second kappa shape index (κ2) is 10.5. The number of hydrogen-bond donors (Lipinski definition) is 1. The molecule has 17 heavy (non-hydrogen) atoms. The molecule has 0 bridgehead atoms. The Labute approximate surface area is 105 Å². The quantitative estimate of drug-likeness (QED) is 0.458. The number of nitrogens with zero attached hydrogens (tertiary/aromatic N) is 1. The van der Waals surface area contributed by atoms with Crippen molar-refractivity contribution in [1.82, 2.24) is 4.72 Å². The molecule has 0 amide bonds. The van der Waals surface area contributed by atoms with Crippen LogP contribution in [-0.2, 0) is 10.0 Å². The van der Waals surface area contributed by atoms with Gasteiger partial charge in [0.25, 0.3) is 0 Å². The van der Waals surface area contributed by atoms with E-state index in [9.17, 15) is 8.42 Å². The van der Waals surface area contributed by atoms with Gasteiger partial charge in [-0.25, -0.2) is 13.1 Å². The minimum atomic E-state index is -3.22. The predicted octanol–water partition coefficient (Wildman–Crippen LogP) is 2.57. The van der Waals surface area contributed by atoms with Crippen LogP contribution < -0.4 is 4.72 Å². The maximum atomic E-state index is 11.3. The smallest absolute Gasteiger partial charge is 0.212 e. The zero-order valence-electron chi connectivity index (χ0n) is 10.7. The minimum Gasteiger partial charge on any atom is -0.212 e. The molecule has 4 nitrogen and oxygen atoms in total. The van der Waals surface area contributed by atoms with Crippen molar-refractivity contribution in [3.8, 4) is 6.07 Å². The molecule has 0 saturated carbocycles. The van der Waals surface area contributed by atoms with E-state index in [1.807, 2.05) is 0 Å². The fourth-order valence-electron chi connectivity index (χ4n) is 1.64. The molecule has 0 aromatic heterocycles. The Kier molecular flexibility index (Phi) is 10.2. The van der Waals surface area contributed by atoms with Crippen LogP contribution in [0.1, 0.15) is 58.3 Å². The fraction of sp³-hybridized carbons (Fsp3) is 0.917. The van der Waals surface area contributed by atoms with Crippen LogP contribution in [0.2, 0.25) is 0 Å². The van der Waals surface area contributed by atoms with Gasteiger partial charge < -0.3 is 0 Å². The van der Waals surface area contributed by atoms with E-state index in [0.29, 0.717) is 6.42 Å². The normalized spacial score (nSPS) is 11.3. The molecule has 5 heteroatoms. The van der Waals surface area contributed by atoms with Crippen molar-refractivity contribution in [3.05, 3.63) is 0 Å². The van der Waals surface area contributed by atoms with Gasteiger partial charge in [0.05, 0.1) is 18.4 Å². The van der Waals surface area contributed by atoms with Crippen LogP contribution in [0.25, 0.3) is 0 Å². The standard InChI is InChI=1S/C12H24N2O2S/c1-2-3-4-5-6-7-8-9-12-17(15,16)14-11-10-13/h14H,2-9,11-12H2,1H3. The number of unbranched alkanes of at least 4 members (excludes halogenated alkanes) is 7. The molecule has 0 rings (SSSR count). The van der Waals surface area contributed by atoms with E-state index >= 15 is 0 Å². The van der Waals surface area contributed by atoms with Crippen LogP contribution in [0, 0.1) is 11.3 Å². The summed E-state index contributed by atoms with van der Waals surface area (Å²) in [5.41, 5.74) is 0. The summed E-state index contributed by atoms with van der Waals surface area (Å²) < 4.78 is 24.8. The second-order valence-corrected chi connectivity index (χ2v) is 6.20. The predicted molar refractivity (Wildman–Crippen MR) is 70.0 cm³/mol. The van der Waals surface area contributed by atoms with E-state index in [1.54, 1.807) is 6.07 Å². The molecule has 0 aliphatic rings. The van der Waals surface area contributed by atoms with Crippen molar-refractivity contribution in [2.45, 2.75) is 58.3 Å². The van der Waals surface area contributed by atoms with Gasteiger partial charge in [-0.1, -0.05) is 51.9 Å². The van der Waals surface area contributed by atoms with Crippen molar-refractivity contribution in [2.24, 2.45) is 0 Å². The third-order valence-electron chi connectivity index (χ3n) is 2.64. The Balaban J connectivity index is 3.36. The largest absolute Gasteiger partial charge is 0.212 e. The molecule has 0 atom stereocenters. The summed E-state index contributed by atoms with van der Waals surface area (Å²) in [7, 11) is -3.22. The molecule has 0 radical (unpaired) electrons. The molecule has 0 aromatic carbocycles. The summed E-state index contributed by atoms with van der Waals surface area (Å²) in [5.74, 6) is 0.142. The number of nitriles is 1. The van der Waals surface area contributed by atoms with E-state index in [2.05, 4.69) is 11.6 Å². The number of sulfonamides is 1. The highest BCUT2D eigenvalue weighted by Crippen LogP contribution is 2.08. The Morgan fingerprint density at radius 3 is 2.06 bits per heavy atom. The fourth-order valence-corrected chi connectivity index (χ4v) is 2.65. The van der Waals surface area contributed by atoms with Crippen LogP contribution in [-0.4, -0.2) is 20.7 Å². The Morgan fingerprint density at radius 1 is 1.00 bits per heavy atom. The molecule has 0 heterocycles. The summed E-state index contributed by atoms with van der Waals surface area (Å²) in [5, 5.41) is 8.27. The first-order chi connectivity index (χ1) is 8.12. The van der Waals surface area contributed by atoms with E-state index in [4.69, 9.17) is 5.26 Å². The molecular weight excluding hydrogens is 236 g/mol. The summed E-state index contributed by atoms with van der Waals surface area (Å²) in [4.78, 5) is 0. The molecule has 0 aliphatic heterocycles. The first kappa shape index (κ1) is 16.4. The van der Waals surface area contributed by atoms with E-state index in [1.165, 1.54) is 32.1 Å². The van der Waals surface area contributed by atoms with E-state index < -0.39 is 10.0 Å². The average Bonchev–Trinajstić information content (AvgIpc) is 2.30. The first-order valence-electron chi connectivity index (χ1n) is 6.46. The SMILES string of the molecule is CCCCCCCCCCS(=O)(=O)NCC#N. The minimum absolute atomic E-state index is 0.126. The molecule has 1 N–H and O–H groups in total. The second-order valence-electron chi connectivity index (χ2n) is 4.27. The summed E-state index contributed by atoms with van der Waals surface area (Å²) in [6.07, 6.45) is 9.05. The number of hydrogen-bond acceptors (Lipinski definition) is 3. The number of rotatable bonds is 11. The Hall–Kier alpha value is -0.600. The van der Waals surface area contributed by atoms with Crippen molar-refractivity contribution < 1.29 is 8.42 Å². The molecule has 0 aliphatic carbocycles. The van der Waals surface area contributed by atoms with Crippen molar-refractivity contribution >= 4 is 10.0 Å². The third-order valence-corrected chi connectivity index (χ3v) is 4.05. The highest BCUT2D eigenvalue weighted by molar-refractivity contribution is 7.89. The van der Waals surface area contributed by atoms with Crippen molar-refractivity contribution in [3.63, 3.8) is 0 Å². The first-order valence-corrected chi connectivity index (χ1v) is 8.12. The maximum Gasteiger partial charge on any atom is 0.212 e. The lowest BCUT2D eigenvalue weighted by Crippen LogP contribution is -2.26. The maximum absolute atomic E-state index is 11.3. The zero-order chi connectivity index (χ0) is 13.0. The van der Waals surface area contributed by atoms with Gasteiger partial charge in [-0.15, -0.1) is 0 Å². The van der Waals surface area contributed by atoms with Crippen LogP contribution in [0.3, 0.4) is 0 Å². The third kappa shape index (κ3) is 11.7. The van der Waals surface area contributed by atoms with Gasteiger partial charge >= 0.3 is 0 Å². The zero-order valence-corrected chi connectivity index (χ0v) is 11.6. The lowest BCUT2D eigenvalue weighted by molar-refractivity contribution is 0.567.